The maximum absolute atomic E-state index is 9.32. The standard InChI is InChI=1S/C3H5NO2.C2H4O2.C2H6O.C2H4O/c1-2-3-4(5)6;1-2(3)4;2*1-2-3/h2-3H,1H3;1H3,(H,3,4);3H,2H2,1H3;2H,1H3/b3-2+;;;. The lowest BCUT2D eigenvalue weighted by molar-refractivity contribution is -0.402. The molecule has 0 bridgehead atoms. The van der Waals surface area contributed by atoms with E-state index < -0.39 is 10.9 Å². The number of nitro groups is 1. The largest absolute Gasteiger partial charge is 0.481 e. The van der Waals surface area contributed by atoms with E-state index in [4.69, 9.17) is 19.8 Å². The minimum absolute atomic E-state index is 0.250. The fourth-order valence-corrected chi connectivity index (χ4v) is 0.122. The normalized spacial score (nSPS) is 7.06. The Labute approximate surface area is 94.6 Å². The number of carbonyl (C=O) groups is 2. The Kier molecular flexibility index (Phi) is 43.5. The number of allylic oxidation sites excluding steroid dienone is 1. The van der Waals surface area contributed by atoms with Crippen molar-refractivity contribution < 1.29 is 24.7 Å². The third-order valence-electron chi connectivity index (χ3n) is 0.271. The monoisotopic (exact) mass is 237 g/mol. The Morgan fingerprint density at radius 2 is 1.62 bits per heavy atom. The van der Waals surface area contributed by atoms with E-state index >= 15 is 0 Å². The summed E-state index contributed by atoms with van der Waals surface area (Å²) >= 11 is 0. The van der Waals surface area contributed by atoms with Gasteiger partial charge in [-0.2, -0.15) is 0 Å². The van der Waals surface area contributed by atoms with Crippen molar-refractivity contribution >= 4 is 12.3 Å². The van der Waals surface area contributed by atoms with Crippen molar-refractivity contribution in [3.05, 3.63) is 22.4 Å². The van der Waals surface area contributed by atoms with E-state index in [-0.39, 0.29) is 6.61 Å². The van der Waals surface area contributed by atoms with Gasteiger partial charge in [-0.15, -0.1) is 0 Å². The molecule has 16 heavy (non-hydrogen) atoms. The van der Waals surface area contributed by atoms with Crippen LogP contribution in [-0.4, -0.2) is 34.0 Å². The summed E-state index contributed by atoms with van der Waals surface area (Å²) in [7, 11) is 0. The number of aliphatic hydroxyl groups excluding tert-OH is 1. The van der Waals surface area contributed by atoms with Crippen molar-refractivity contribution in [3.8, 4) is 0 Å². The second kappa shape index (κ2) is 29.2. The summed E-state index contributed by atoms with van der Waals surface area (Å²) in [5, 5.41) is 24.3. The lowest BCUT2D eigenvalue weighted by Crippen LogP contribution is -1.79. The molecule has 0 aliphatic rings. The topological polar surface area (TPSA) is 118 Å². The fraction of sp³-hybridized carbons (Fsp3) is 0.556. The van der Waals surface area contributed by atoms with Gasteiger partial charge in [0.1, 0.15) is 6.29 Å². The average Bonchev–Trinajstić information content (AvgIpc) is 2.04. The minimum atomic E-state index is -0.833. The van der Waals surface area contributed by atoms with Crippen LogP contribution in [0.25, 0.3) is 0 Å². The van der Waals surface area contributed by atoms with Crippen LogP contribution >= 0.6 is 0 Å². The second-order valence-electron chi connectivity index (χ2n) is 1.84. The number of aliphatic carboxylic acids is 1. The number of hydrogen-bond donors (Lipinski definition) is 2. The predicted octanol–water partition coefficient (Wildman–Crippen LogP) is 1.09. The lowest BCUT2D eigenvalue weighted by atomic mass is 10.7. The molecular formula is C9H19NO6. The molecule has 7 nitrogen and oxygen atoms in total. The first-order chi connectivity index (χ1) is 7.33. The van der Waals surface area contributed by atoms with Crippen LogP contribution in [0.4, 0.5) is 0 Å². The fourth-order valence-electron chi connectivity index (χ4n) is 0.122. The minimum Gasteiger partial charge on any atom is -0.481 e. The highest BCUT2D eigenvalue weighted by Crippen LogP contribution is 1.67. The van der Waals surface area contributed by atoms with Crippen LogP contribution < -0.4 is 0 Å². The van der Waals surface area contributed by atoms with Gasteiger partial charge in [-0.05, 0) is 26.8 Å². The molecule has 0 rings (SSSR count). The second-order valence-corrected chi connectivity index (χ2v) is 1.84. The molecule has 0 spiro atoms. The summed E-state index contributed by atoms with van der Waals surface area (Å²) in [5.74, 6) is -0.833. The van der Waals surface area contributed by atoms with Gasteiger partial charge in [-0.25, -0.2) is 0 Å². The van der Waals surface area contributed by atoms with Crippen molar-refractivity contribution in [3.63, 3.8) is 0 Å². The van der Waals surface area contributed by atoms with Gasteiger partial charge in [0.25, 0.3) is 5.97 Å². The molecule has 0 fully saturated rings. The highest BCUT2D eigenvalue weighted by molar-refractivity contribution is 5.62. The molecule has 0 saturated heterocycles. The summed E-state index contributed by atoms with van der Waals surface area (Å²) in [6, 6.07) is 0. The summed E-state index contributed by atoms with van der Waals surface area (Å²) in [6.45, 7) is 6.06. The first-order valence-electron chi connectivity index (χ1n) is 4.30. The van der Waals surface area contributed by atoms with Crippen molar-refractivity contribution in [2.75, 3.05) is 6.61 Å². The van der Waals surface area contributed by atoms with E-state index in [2.05, 4.69) is 0 Å². The summed E-state index contributed by atoms with van der Waals surface area (Å²) in [6.07, 6.45) is 3.01. The molecule has 7 heteroatoms. The van der Waals surface area contributed by atoms with Crippen molar-refractivity contribution in [2.24, 2.45) is 0 Å². The van der Waals surface area contributed by atoms with E-state index in [1.165, 1.54) is 13.0 Å². The van der Waals surface area contributed by atoms with Crippen molar-refractivity contribution in [1.29, 1.82) is 0 Å². The molecule has 0 aromatic carbocycles. The maximum Gasteiger partial charge on any atom is 0.300 e. The van der Waals surface area contributed by atoms with Crippen molar-refractivity contribution in [1.82, 2.24) is 0 Å². The molecular weight excluding hydrogens is 218 g/mol. The van der Waals surface area contributed by atoms with Crippen LogP contribution in [0, 0.1) is 10.1 Å². The van der Waals surface area contributed by atoms with Gasteiger partial charge in [-0.1, -0.05) is 0 Å². The van der Waals surface area contributed by atoms with Crippen molar-refractivity contribution in [2.45, 2.75) is 27.7 Å². The van der Waals surface area contributed by atoms with Crippen LogP contribution in [0.15, 0.2) is 12.3 Å². The van der Waals surface area contributed by atoms with Crippen LogP contribution in [0.3, 0.4) is 0 Å². The predicted molar refractivity (Wildman–Crippen MR) is 59.6 cm³/mol. The molecule has 0 amide bonds. The third-order valence-corrected chi connectivity index (χ3v) is 0.271. The van der Waals surface area contributed by atoms with Gasteiger partial charge in [0.2, 0.25) is 6.20 Å². The molecule has 0 aromatic heterocycles. The van der Waals surface area contributed by atoms with Crippen LogP contribution in [0.5, 0.6) is 0 Å². The summed E-state index contributed by atoms with van der Waals surface area (Å²) in [4.78, 5) is 26.6. The highest BCUT2D eigenvalue weighted by atomic mass is 16.6. The molecule has 0 saturated carbocycles. The summed E-state index contributed by atoms with van der Waals surface area (Å²) < 4.78 is 0. The van der Waals surface area contributed by atoms with E-state index in [9.17, 15) is 10.1 Å². The quantitative estimate of drug-likeness (QED) is 0.400. The Balaban J connectivity index is -0.0000000635. The highest BCUT2D eigenvalue weighted by Gasteiger charge is 1.73. The number of hydrogen-bond acceptors (Lipinski definition) is 5. The molecule has 0 unspecified atom stereocenters. The van der Waals surface area contributed by atoms with E-state index in [1.54, 1.807) is 13.8 Å². The number of carbonyl (C=O) groups excluding carboxylic acids is 1. The van der Waals surface area contributed by atoms with Gasteiger partial charge in [0.15, 0.2) is 0 Å². The molecule has 0 aliphatic carbocycles. The van der Waals surface area contributed by atoms with Crippen LogP contribution in [-0.2, 0) is 9.59 Å². The van der Waals surface area contributed by atoms with E-state index in [0.717, 1.165) is 19.4 Å². The lowest BCUT2D eigenvalue weighted by Gasteiger charge is -1.69. The van der Waals surface area contributed by atoms with Gasteiger partial charge < -0.3 is 15.0 Å². The maximum atomic E-state index is 9.32. The van der Waals surface area contributed by atoms with Gasteiger partial charge >= 0.3 is 0 Å². The molecule has 96 valence electrons. The van der Waals surface area contributed by atoms with Crippen LogP contribution in [0.2, 0.25) is 0 Å². The number of aliphatic hydroxyl groups is 1. The number of carboxylic acids is 1. The number of aldehydes is 1. The SMILES string of the molecule is C/C=C/[N+](=O)[O-].CC(=O)O.CC=O.CCO. The molecule has 0 radical (unpaired) electrons. The molecule has 0 aromatic rings. The van der Waals surface area contributed by atoms with Gasteiger partial charge in [0, 0.05) is 13.5 Å². The number of carboxylic acid groups (broad SMARTS) is 1. The third kappa shape index (κ3) is 1010. The van der Waals surface area contributed by atoms with E-state index in [0.29, 0.717) is 0 Å². The smallest absolute Gasteiger partial charge is 0.300 e. The average molecular weight is 237 g/mol. The van der Waals surface area contributed by atoms with E-state index in [1.807, 2.05) is 0 Å². The zero-order valence-electron chi connectivity index (χ0n) is 9.91. The number of nitrogens with zero attached hydrogens (tertiary/aromatic N) is 1. The molecule has 0 atom stereocenters. The first kappa shape index (κ1) is 23.8. The van der Waals surface area contributed by atoms with Gasteiger partial charge in [-0.3, -0.25) is 14.9 Å². The summed E-state index contributed by atoms with van der Waals surface area (Å²) in [5.41, 5.74) is 0. The number of rotatable bonds is 1. The first-order valence-corrected chi connectivity index (χ1v) is 4.30. The Morgan fingerprint density at radius 1 is 1.44 bits per heavy atom. The molecule has 0 heterocycles. The Bertz CT molecular complexity index is 186. The molecule has 2 N–H and O–H groups in total. The Hall–Kier alpha value is -1.76. The zero-order chi connectivity index (χ0) is 14.0. The molecule has 0 aliphatic heterocycles. The Morgan fingerprint density at radius 3 is 1.62 bits per heavy atom. The van der Waals surface area contributed by atoms with Crippen LogP contribution in [0.1, 0.15) is 27.7 Å². The van der Waals surface area contributed by atoms with Gasteiger partial charge in [0.05, 0.1) is 4.92 Å². The zero-order valence-corrected chi connectivity index (χ0v) is 9.91.